The van der Waals surface area contributed by atoms with Gasteiger partial charge in [0, 0.05) is 18.7 Å². The molecule has 3 rings (SSSR count). The zero-order valence-corrected chi connectivity index (χ0v) is 13.8. The largest absolute Gasteiger partial charge is 0.453 e. The lowest BCUT2D eigenvalue weighted by Crippen LogP contribution is -2.38. The van der Waals surface area contributed by atoms with Crippen molar-refractivity contribution in [3.05, 3.63) is 47.7 Å². The lowest BCUT2D eigenvalue weighted by molar-refractivity contribution is -0.135. The number of likely N-dealkylation sites (tertiary alicyclic amines) is 1. The predicted octanol–water partition coefficient (Wildman–Crippen LogP) is 2.93. The van der Waals surface area contributed by atoms with Crippen LogP contribution >= 0.6 is 0 Å². The molecule has 1 aliphatic heterocycles. The second kappa shape index (κ2) is 7.79. The molecule has 1 aliphatic rings. The van der Waals surface area contributed by atoms with Crippen molar-refractivity contribution in [3.8, 4) is 11.3 Å². The number of aldehydes is 1. The van der Waals surface area contributed by atoms with Gasteiger partial charge >= 0.3 is 5.97 Å². The van der Waals surface area contributed by atoms with E-state index in [2.05, 4.69) is 0 Å². The van der Waals surface area contributed by atoms with Crippen molar-refractivity contribution in [1.29, 1.82) is 0 Å². The molecule has 25 heavy (non-hydrogen) atoms. The van der Waals surface area contributed by atoms with Crippen LogP contribution in [0, 0.1) is 0 Å². The second-order valence-electron chi connectivity index (χ2n) is 5.91. The van der Waals surface area contributed by atoms with E-state index < -0.39 is 5.97 Å². The van der Waals surface area contributed by atoms with Gasteiger partial charge in [0.25, 0.3) is 5.91 Å². The molecule has 0 N–H and O–H groups in total. The summed E-state index contributed by atoms with van der Waals surface area (Å²) in [6.07, 6.45) is 3.77. The van der Waals surface area contributed by atoms with Gasteiger partial charge in [-0.2, -0.15) is 0 Å². The molecule has 0 spiro atoms. The lowest BCUT2D eigenvalue weighted by atomic mass is 10.1. The minimum absolute atomic E-state index is 0.151. The Morgan fingerprint density at radius 2 is 1.76 bits per heavy atom. The summed E-state index contributed by atoms with van der Waals surface area (Å²) in [4.78, 5) is 36.5. The van der Waals surface area contributed by atoms with Crippen molar-refractivity contribution >= 4 is 18.2 Å². The number of esters is 1. The number of benzene rings is 1. The number of rotatable bonds is 5. The fourth-order valence-electron chi connectivity index (χ4n) is 2.79. The number of ether oxygens (including phenoxy) is 1. The van der Waals surface area contributed by atoms with Crippen molar-refractivity contribution in [3.63, 3.8) is 0 Å². The number of carbonyl (C=O) groups is 3. The molecular weight excluding hydrogens is 322 g/mol. The zero-order valence-electron chi connectivity index (χ0n) is 13.8. The third-order valence-corrected chi connectivity index (χ3v) is 4.18. The maximum Gasteiger partial charge on any atom is 0.338 e. The average Bonchev–Trinajstić information content (AvgIpc) is 3.16. The molecule has 1 aromatic heterocycles. The third kappa shape index (κ3) is 4.15. The SMILES string of the molecule is O=Cc1ccc(-c2ccc(C(=O)OCC(=O)N3CCCCC3)cc2)o1. The summed E-state index contributed by atoms with van der Waals surface area (Å²) < 4.78 is 10.4. The standard InChI is InChI=1S/C19H19NO5/c21-12-16-8-9-17(25-16)14-4-6-15(7-5-14)19(23)24-13-18(22)20-10-2-1-3-11-20/h4-9,12H,1-3,10-11,13H2. The molecule has 2 heterocycles. The Morgan fingerprint density at radius 3 is 2.40 bits per heavy atom. The summed E-state index contributed by atoms with van der Waals surface area (Å²) in [6, 6.07) is 9.89. The molecule has 1 amide bonds. The Hall–Kier alpha value is -2.89. The van der Waals surface area contributed by atoms with E-state index in [1.807, 2.05) is 0 Å². The molecule has 0 radical (unpaired) electrons. The highest BCUT2D eigenvalue weighted by atomic mass is 16.5. The average molecular weight is 341 g/mol. The van der Waals surface area contributed by atoms with E-state index in [-0.39, 0.29) is 18.3 Å². The number of amides is 1. The fourth-order valence-corrected chi connectivity index (χ4v) is 2.79. The van der Waals surface area contributed by atoms with Gasteiger partial charge in [0.2, 0.25) is 0 Å². The molecule has 0 bridgehead atoms. The van der Waals surface area contributed by atoms with Gasteiger partial charge in [0.1, 0.15) is 5.76 Å². The minimum Gasteiger partial charge on any atom is -0.453 e. The van der Waals surface area contributed by atoms with Gasteiger partial charge in [-0.05, 0) is 43.5 Å². The van der Waals surface area contributed by atoms with Crippen LogP contribution in [0.3, 0.4) is 0 Å². The van der Waals surface area contributed by atoms with Crippen LogP contribution in [0.25, 0.3) is 11.3 Å². The van der Waals surface area contributed by atoms with Crippen LogP contribution in [0.2, 0.25) is 0 Å². The lowest BCUT2D eigenvalue weighted by Gasteiger charge is -2.26. The Bertz CT molecular complexity index is 756. The molecule has 0 unspecified atom stereocenters. The first-order chi connectivity index (χ1) is 12.2. The highest BCUT2D eigenvalue weighted by molar-refractivity contribution is 5.91. The van der Waals surface area contributed by atoms with Gasteiger partial charge in [0.15, 0.2) is 18.7 Å². The predicted molar refractivity (Wildman–Crippen MR) is 90.2 cm³/mol. The van der Waals surface area contributed by atoms with Crippen LogP contribution in [0.15, 0.2) is 40.8 Å². The normalized spacial score (nSPS) is 14.2. The molecular formula is C19H19NO5. The van der Waals surface area contributed by atoms with Gasteiger partial charge < -0.3 is 14.1 Å². The monoisotopic (exact) mass is 341 g/mol. The van der Waals surface area contributed by atoms with Crippen LogP contribution in [0.1, 0.15) is 40.2 Å². The first-order valence-corrected chi connectivity index (χ1v) is 8.28. The third-order valence-electron chi connectivity index (χ3n) is 4.18. The summed E-state index contributed by atoms with van der Waals surface area (Å²) in [5.74, 6) is 0.101. The van der Waals surface area contributed by atoms with Gasteiger partial charge in [0.05, 0.1) is 5.56 Å². The number of piperidine rings is 1. The van der Waals surface area contributed by atoms with Crippen molar-refractivity contribution in [1.82, 2.24) is 4.90 Å². The highest BCUT2D eigenvalue weighted by Crippen LogP contribution is 2.22. The number of carbonyl (C=O) groups excluding carboxylic acids is 3. The zero-order chi connectivity index (χ0) is 17.6. The smallest absolute Gasteiger partial charge is 0.338 e. The van der Waals surface area contributed by atoms with Crippen molar-refractivity contribution in [2.24, 2.45) is 0 Å². The van der Waals surface area contributed by atoms with Gasteiger partial charge in [-0.1, -0.05) is 12.1 Å². The minimum atomic E-state index is -0.537. The van der Waals surface area contributed by atoms with Crippen LogP contribution in [0.4, 0.5) is 0 Å². The summed E-state index contributed by atoms with van der Waals surface area (Å²) >= 11 is 0. The maximum absolute atomic E-state index is 12.1. The molecule has 6 nitrogen and oxygen atoms in total. The molecule has 1 aromatic carbocycles. The van der Waals surface area contributed by atoms with Crippen molar-refractivity contribution in [2.45, 2.75) is 19.3 Å². The van der Waals surface area contributed by atoms with E-state index in [1.54, 1.807) is 41.3 Å². The van der Waals surface area contributed by atoms with E-state index in [4.69, 9.17) is 9.15 Å². The van der Waals surface area contributed by atoms with Crippen LogP contribution in [-0.2, 0) is 9.53 Å². The maximum atomic E-state index is 12.1. The van der Waals surface area contributed by atoms with E-state index in [0.29, 0.717) is 17.6 Å². The summed E-state index contributed by atoms with van der Waals surface area (Å²) in [6.45, 7) is 1.23. The Morgan fingerprint density at radius 1 is 1.04 bits per heavy atom. The molecule has 2 aromatic rings. The van der Waals surface area contributed by atoms with Crippen molar-refractivity contribution in [2.75, 3.05) is 19.7 Å². The van der Waals surface area contributed by atoms with E-state index in [9.17, 15) is 14.4 Å². The van der Waals surface area contributed by atoms with Crippen LogP contribution in [-0.4, -0.2) is 42.8 Å². The summed E-state index contributed by atoms with van der Waals surface area (Å²) in [5.41, 5.74) is 1.10. The number of nitrogens with zero attached hydrogens (tertiary/aromatic N) is 1. The number of hydrogen-bond acceptors (Lipinski definition) is 5. The Kier molecular flexibility index (Phi) is 5.28. The fraction of sp³-hybridized carbons (Fsp3) is 0.316. The quantitative estimate of drug-likeness (QED) is 0.617. The van der Waals surface area contributed by atoms with E-state index in [0.717, 1.165) is 37.9 Å². The molecule has 0 atom stereocenters. The van der Waals surface area contributed by atoms with Gasteiger partial charge in [-0.25, -0.2) is 4.79 Å². The van der Waals surface area contributed by atoms with Crippen LogP contribution < -0.4 is 0 Å². The molecule has 1 saturated heterocycles. The summed E-state index contributed by atoms with van der Waals surface area (Å²) in [7, 11) is 0. The Labute approximate surface area is 145 Å². The molecule has 0 aliphatic carbocycles. The topological polar surface area (TPSA) is 76.8 Å². The van der Waals surface area contributed by atoms with Gasteiger partial charge in [-0.15, -0.1) is 0 Å². The first kappa shape index (κ1) is 17.0. The molecule has 130 valence electrons. The van der Waals surface area contributed by atoms with Crippen LogP contribution in [0.5, 0.6) is 0 Å². The number of furan rings is 1. The second-order valence-corrected chi connectivity index (χ2v) is 5.91. The molecule has 1 fully saturated rings. The van der Waals surface area contributed by atoms with E-state index in [1.165, 1.54) is 0 Å². The van der Waals surface area contributed by atoms with Crippen molar-refractivity contribution < 1.29 is 23.5 Å². The van der Waals surface area contributed by atoms with Gasteiger partial charge in [-0.3, -0.25) is 9.59 Å². The highest BCUT2D eigenvalue weighted by Gasteiger charge is 2.18. The molecule has 0 saturated carbocycles. The number of hydrogen-bond donors (Lipinski definition) is 0. The molecule has 6 heteroatoms. The first-order valence-electron chi connectivity index (χ1n) is 8.28. The summed E-state index contributed by atoms with van der Waals surface area (Å²) in [5, 5.41) is 0. The Balaban J connectivity index is 1.57. The van der Waals surface area contributed by atoms with E-state index >= 15 is 0 Å².